The molecule has 0 aliphatic rings. The van der Waals surface area contributed by atoms with E-state index in [1.807, 2.05) is 86.6 Å². The molecule has 0 amide bonds. The molecule has 6 aromatic rings. The highest BCUT2D eigenvalue weighted by atomic mass is 32.1. The first-order valence-electron chi connectivity index (χ1n) is 10.8. The lowest BCUT2D eigenvalue weighted by atomic mass is 10.1. The average molecular weight is 467 g/mol. The number of rotatable bonds is 0. The minimum Gasteiger partial charge on any atom is -0.289 e. The van der Waals surface area contributed by atoms with Crippen LogP contribution in [0.4, 0.5) is 0 Å². The van der Waals surface area contributed by atoms with Gasteiger partial charge in [0, 0.05) is 40.3 Å². The fourth-order valence-electron chi connectivity index (χ4n) is 4.17. The summed E-state index contributed by atoms with van der Waals surface area (Å²) in [6.45, 7) is 6.12. The van der Waals surface area contributed by atoms with E-state index >= 15 is 0 Å². The summed E-state index contributed by atoms with van der Waals surface area (Å²) in [6, 6.07) is 25.8. The van der Waals surface area contributed by atoms with Gasteiger partial charge in [0.2, 0.25) is 0 Å². The second-order valence-electron chi connectivity index (χ2n) is 8.31. The molecule has 33 heavy (non-hydrogen) atoms. The van der Waals surface area contributed by atoms with Gasteiger partial charge in [-0.25, -0.2) is 0 Å². The zero-order valence-electron chi connectivity index (χ0n) is 18.6. The molecule has 0 saturated heterocycles. The highest BCUT2D eigenvalue weighted by Gasteiger charge is 2.08. The lowest BCUT2D eigenvalue weighted by molar-refractivity contribution is 1.44. The molecule has 0 fully saturated rings. The number of aryl methyl sites for hydroxylation is 3. The average Bonchev–Trinajstić information content (AvgIpc) is 2.81. The van der Waals surface area contributed by atoms with Gasteiger partial charge in [0.25, 0.3) is 0 Å². The first-order valence-corrected chi connectivity index (χ1v) is 12.4. The molecule has 6 rings (SSSR count). The van der Waals surface area contributed by atoms with Crippen LogP contribution in [0.1, 0.15) is 16.7 Å². The lowest BCUT2D eigenvalue weighted by Gasteiger charge is -2.05. The number of hydrogen-bond acceptors (Lipinski definition) is 4. The summed E-state index contributed by atoms with van der Waals surface area (Å²) in [7, 11) is 0. The smallest absolute Gasteiger partial charge is 0.195 e. The van der Waals surface area contributed by atoms with Crippen molar-refractivity contribution in [3.63, 3.8) is 0 Å². The minimum atomic E-state index is 0.146. The second-order valence-corrected chi connectivity index (χ2v) is 10.4. The molecular weight excluding hydrogens is 444 g/mol. The summed E-state index contributed by atoms with van der Waals surface area (Å²) >= 11 is 3.37. The van der Waals surface area contributed by atoms with Gasteiger partial charge in [0.1, 0.15) is 0 Å². The molecule has 4 heteroatoms. The molecular formula is C29H22O2S2. The standard InChI is InChI=1S/C15H12OS.C14H10OS/c1-9-7-10(2)15-12(8-9)14(16)11-5-3-4-6-13(11)17-15;1-9-6-7-13-11(8-9)14(15)10-4-2-3-5-12(10)16-13/h3-8H,1-2H3;2-8H,1H3. The highest BCUT2D eigenvalue weighted by Crippen LogP contribution is 2.28. The van der Waals surface area contributed by atoms with Crippen molar-refractivity contribution in [3.8, 4) is 0 Å². The Morgan fingerprint density at radius 3 is 1.76 bits per heavy atom. The summed E-state index contributed by atoms with van der Waals surface area (Å²) in [5.41, 5.74) is 3.77. The number of fused-ring (bicyclic) bond motifs is 4. The van der Waals surface area contributed by atoms with Gasteiger partial charge in [-0.1, -0.05) is 47.5 Å². The molecule has 0 atom stereocenters. The van der Waals surface area contributed by atoms with Crippen LogP contribution < -0.4 is 10.9 Å². The van der Waals surface area contributed by atoms with Gasteiger partial charge < -0.3 is 0 Å². The van der Waals surface area contributed by atoms with Gasteiger partial charge >= 0.3 is 0 Å². The van der Waals surface area contributed by atoms with Crippen molar-refractivity contribution in [3.05, 3.63) is 116 Å². The van der Waals surface area contributed by atoms with Crippen LogP contribution in [-0.2, 0) is 0 Å². The third kappa shape index (κ3) is 3.97. The van der Waals surface area contributed by atoms with Crippen LogP contribution in [0.2, 0.25) is 0 Å². The van der Waals surface area contributed by atoms with E-state index < -0.39 is 0 Å². The normalized spacial score (nSPS) is 11.1. The second kappa shape index (κ2) is 8.54. The Bertz CT molecular complexity index is 1790. The lowest BCUT2D eigenvalue weighted by Crippen LogP contribution is -2.01. The molecule has 0 bridgehead atoms. The van der Waals surface area contributed by atoms with Crippen molar-refractivity contribution >= 4 is 63.0 Å². The maximum atomic E-state index is 12.4. The summed E-state index contributed by atoms with van der Waals surface area (Å²) in [5.74, 6) is 0. The molecule has 0 unspecified atom stereocenters. The molecule has 2 aromatic heterocycles. The van der Waals surface area contributed by atoms with E-state index in [1.54, 1.807) is 22.7 Å². The fraction of sp³-hybridized carbons (Fsp3) is 0.103. The third-order valence-electron chi connectivity index (χ3n) is 5.74. The molecule has 0 radical (unpaired) electrons. The Kier molecular flexibility index (Phi) is 5.57. The van der Waals surface area contributed by atoms with Gasteiger partial charge in [0.05, 0.1) is 0 Å². The molecule has 4 aromatic carbocycles. The summed E-state index contributed by atoms with van der Waals surface area (Å²) in [5, 5.41) is 3.34. The van der Waals surface area contributed by atoms with Crippen LogP contribution in [0.5, 0.6) is 0 Å². The molecule has 162 valence electrons. The van der Waals surface area contributed by atoms with E-state index in [0.717, 1.165) is 51.5 Å². The van der Waals surface area contributed by atoms with Crippen molar-refractivity contribution in [1.82, 2.24) is 0 Å². The van der Waals surface area contributed by atoms with E-state index in [0.29, 0.717) is 0 Å². The van der Waals surface area contributed by atoms with Crippen molar-refractivity contribution in [1.29, 1.82) is 0 Å². The predicted octanol–water partition coefficient (Wildman–Crippen LogP) is 7.75. The molecule has 2 heterocycles. The van der Waals surface area contributed by atoms with E-state index in [1.165, 1.54) is 5.56 Å². The summed E-state index contributed by atoms with van der Waals surface area (Å²) in [4.78, 5) is 24.6. The van der Waals surface area contributed by atoms with E-state index in [4.69, 9.17) is 0 Å². The molecule has 2 nitrogen and oxygen atoms in total. The monoisotopic (exact) mass is 466 g/mol. The fourth-order valence-corrected chi connectivity index (χ4v) is 6.34. The van der Waals surface area contributed by atoms with Crippen LogP contribution in [0.25, 0.3) is 40.3 Å². The maximum absolute atomic E-state index is 12.4. The topological polar surface area (TPSA) is 34.1 Å². The van der Waals surface area contributed by atoms with Gasteiger partial charge in [-0.2, -0.15) is 0 Å². The quantitative estimate of drug-likeness (QED) is 0.214. The minimum absolute atomic E-state index is 0.146. The van der Waals surface area contributed by atoms with Gasteiger partial charge in [0.15, 0.2) is 10.9 Å². The molecule has 0 aliphatic carbocycles. The zero-order chi connectivity index (χ0) is 23.1. The van der Waals surface area contributed by atoms with Crippen LogP contribution >= 0.6 is 22.7 Å². The van der Waals surface area contributed by atoms with Crippen molar-refractivity contribution < 1.29 is 0 Å². The molecule has 0 N–H and O–H groups in total. The van der Waals surface area contributed by atoms with Crippen molar-refractivity contribution in [2.24, 2.45) is 0 Å². The Morgan fingerprint density at radius 2 is 1.06 bits per heavy atom. The number of benzene rings is 4. The largest absolute Gasteiger partial charge is 0.289 e. The number of hydrogen-bond donors (Lipinski definition) is 0. The van der Waals surface area contributed by atoms with Crippen molar-refractivity contribution in [2.75, 3.05) is 0 Å². The summed E-state index contributed by atoms with van der Waals surface area (Å²) in [6.07, 6.45) is 0. The Labute approximate surface area is 199 Å². The zero-order valence-corrected chi connectivity index (χ0v) is 20.3. The van der Waals surface area contributed by atoms with Crippen LogP contribution in [0.3, 0.4) is 0 Å². The Hall–Kier alpha value is -3.34. The highest BCUT2D eigenvalue weighted by molar-refractivity contribution is 7.25. The summed E-state index contributed by atoms with van der Waals surface area (Å²) < 4.78 is 4.30. The van der Waals surface area contributed by atoms with Gasteiger partial charge in [-0.05, 0) is 68.8 Å². The SMILES string of the molecule is Cc1cc(C)c2sc3ccccc3c(=O)c2c1.Cc1ccc2sc3ccccc3c(=O)c2c1. The third-order valence-corrected chi connectivity index (χ3v) is 8.21. The Balaban J connectivity index is 0.000000139. The van der Waals surface area contributed by atoms with Crippen LogP contribution in [-0.4, -0.2) is 0 Å². The molecule has 0 spiro atoms. The van der Waals surface area contributed by atoms with Gasteiger partial charge in [-0.15, -0.1) is 22.7 Å². The molecule has 0 aliphatic heterocycles. The van der Waals surface area contributed by atoms with Crippen LogP contribution in [0.15, 0.2) is 88.5 Å². The van der Waals surface area contributed by atoms with E-state index in [2.05, 4.69) is 13.0 Å². The van der Waals surface area contributed by atoms with E-state index in [9.17, 15) is 9.59 Å². The predicted molar refractivity (Wildman–Crippen MR) is 145 cm³/mol. The first kappa shape index (κ1) is 21.5. The van der Waals surface area contributed by atoms with E-state index in [-0.39, 0.29) is 10.9 Å². The first-order chi connectivity index (χ1) is 15.9. The van der Waals surface area contributed by atoms with Crippen molar-refractivity contribution in [2.45, 2.75) is 20.8 Å². The molecule has 0 saturated carbocycles. The Morgan fingerprint density at radius 1 is 0.515 bits per heavy atom. The van der Waals surface area contributed by atoms with Gasteiger partial charge in [-0.3, -0.25) is 9.59 Å². The van der Waals surface area contributed by atoms with Crippen LogP contribution in [0, 0.1) is 20.8 Å². The maximum Gasteiger partial charge on any atom is 0.195 e.